The summed E-state index contributed by atoms with van der Waals surface area (Å²) in [7, 11) is 1.69. The molecule has 0 fully saturated rings. The molecule has 1 aromatic carbocycles. The van der Waals surface area contributed by atoms with Crippen molar-refractivity contribution in [3.05, 3.63) is 29.8 Å². The van der Waals surface area contributed by atoms with E-state index in [9.17, 15) is 0 Å². The van der Waals surface area contributed by atoms with E-state index in [1.54, 1.807) is 7.11 Å². The van der Waals surface area contributed by atoms with Crippen LogP contribution in [0.4, 0.5) is 0 Å². The van der Waals surface area contributed by atoms with Gasteiger partial charge in [0.15, 0.2) is 0 Å². The van der Waals surface area contributed by atoms with E-state index < -0.39 is 0 Å². The minimum atomic E-state index is 0.417. The second-order valence-electron chi connectivity index (χ2n) is 3.45. The molecule has 0 aliphatic heterocycles. The van der Waals surface area contributed by atoms with E-state index in [4.69, 9.17) is 4.74 Å². The van der Waals surface area contributed by atoms with E-state index in [1.807, 2.05) is 12.1 Å². The van der Waals surface area contributed by atoms with E-state index in [-0.39, 0.29) is 0 Å². The highest BCUT2D eigenvalue weighted by Crippen LogP contribution is 2.16. The summed E-state index contributed by atoms with van der Waals surface area (Å²) in [4.78, 5) is 0. The first-order valence-corrected chi connectivity index (χ1v) is 5.15. The van der Waals surface area contributed by atoms with E-state index in [0.29, 0.717) is 6.04 Å². The second-order valence-corrected chi connectivity index (χ2v) is 3.45. The normalized spacial score (nSPS) is 12.5. The molecular formula is C12H19NO. The SMILES string of the molecule is CCCN[C@H](C)c1ccc(OC)cc1. The van der Waals surface area contributed by atoms with Crippen molar-refractivity contribution < 1.29 is 4.74 Å². The first-order chi connectivity index (χ1) is 6.77. The fraction of sp³-hybridized carbons (Fsp3) is 0.500. The third-order valence-electron chi connectivity index (χ3n) is 2.32. The van der Waals surface area contributed by atoms with Crippen LogP contribution in [0.1, 0.15) is 31.9 Å². The lowest BCUT2D eigenvalue weighted by atomic mass is 10.1. The summed E-state index contributed by atoms with van der Waals surface area (Å²) < 4.78 is 5.11. The summed E-state index contributed by atoms with van der Waals surface area (Å²) in [6.45, 7) is 5.42. The summed E-state index contributed by atoms with van der Waals surface area (Å²) in [5.74, 6) is 0.913. The fourth-order valence-electron chi connectivity index (χ4n) is 1.37. The van der Waals surface area contributed by atoms with Gasteiger partial charge in [-0.1, -0.05) is 19.1 Å². The van der Waals surface area contributed by atoms with Gasteiger partial charge in [-0.2, -0.15) is 0 Å². The highest BCUT2D eigenvalue weighted by molar-refractivity contribution is 5.28. The molecule has 2 heteroatoms. The van der Waals surface area contributed by atoms with E-state index in [1.165, 1.54) is 12.0 Å². The molecule has 1 atom stereocenters. The number of benzene rings is 1. The summed E-state index contributed by atoms with van der Waals surface area (Å²) >= 11 is 0. The number of rotatable bonds is 5. The van der Waals surface area contributed by atoms with Crippen molar-refractivity contribution in [2.45, 2.75) is 26.3 Å². The highest BCUT2D eigenvalue weighted by atomic mass is 16.5. The van der Waals surface area contributed by atoms with Gasteiger partial charge in [0.2, 0.25) is 0 Å². The Morgan fingerprint density at radius 3 is 2.43 bits per heavy atom. The molecule has 0 heterocycles. The third kappa shape index (κ3) is 3.04. The Morgan fingerprint density at radius 1 is 1.29 bits per heavy atom. The predicted octanol–water partition coefficient (Wildman–Crippen LogP) is 2.76. The zero-order valence-electron chi connectivity index (χ0n) is 9.21. The van der Waals surface area contributed by atoms with Gasteiger partial charge in [0.1, 0.15) is 5.75 Å². The lowest BCUT2D eigenvalue weighted by molar-refractivity contribution is 0.414. The smallest absolute Gasteiger partial charge is 0.118 e. The Kier molecular flexibility index (Phi) is 4.47. The summed E-state index contributed by atoms with van der Waals surface area (Å²) in [5.41, 5.74) is 1.30. The maximum atomic E-state index is 5.11. The summed E-state index contributed by atoms with van der Waals surface area (Å²) in [6.07, 6.45) is 1.17. The Bertz CT molecular complexity index is 256. The maximum Gasteiger partial charge on any atom is 0.118 e. The molecule has 0 spiro atoms. The average molecular weight is 193 g/mol. The first-order valence-electron chi connectivity index (χ1n) is 5.15. The van der Waals surface area contributed by atoms with E-state index in [2.05, 4.69) is 31.3 Å². The molecule has 1 rings (SSSR count). The van der Waals surface area contributed by atoms with Crippen molar-refractivity contribution in [2.24, 2.45) is 0 Å². The highest BCUT2D eigenvalue weighted by Gasteiger charge is 2.03. The van der Waals surface area contributed by atoms with Gasteiger partial charge in [0.25, 0.3) is 0 Å². The molecule has 0 radical (unpaired) electrons. The molecule has 0 aliphatic rings. The van der Waals surface area contributed by atoms with E-state index in [0.717, 1.165) is 12.3 Å². The second kappa shape index (κ2) is 5.66. The minimum Gasteiger partial charge on any atom is -0.497 e. The van der Waals surface area contributed by atoms with E-state index >= 15 is 0 Å². The molecule has 14 heavy (non-hydrogen) atoms. The lowest BCUT2D eigenvalue weighted by Gasteiger charge is -2.13. The Morgan fingerprint density at radius 2 is 1.93 bits per heavy atom. The van der Waals surface area contributed by atoms with Crippen LogP contribution in [-0.2, 0) is 0 Å². The van der Waals surface area contributed by atoms with Crippen LogP contribution in [0.15, 0.2) is 24.3 Å². The minimum absolute atomic E-state index is 0.417. The van der Waals surface area contributed by atoms with Gasteiger partial charge in [0.05, 0.1) is 7.11 Å². The molecule has 0 saturated carbocycles. The monoisotopic (exact) mass is 193 g/mol. The number of ether oxygens (including phenoxy) is 1. The molecule has 0 aliphatic carbocycles. The zero-order valence-corrected chi connectivity index (χ0v) is 9.21. The Hall–Kier alpha value is -1.02. The predicted molar refractivity (Wildman–Crippen MR) is 59.7 cm³/mol. The fourth-order valence-corrected chi connectivity index (χ4v) is 1.37. The molecule has 0 unspecified atom stereocenters. The molecule has 78 valence electrons. The first kappa shape index (κ1) is 11.1. The van der Waals surface area contributed by atoms with Gasteiger partial charge < -0.3 is 10.1 Å². The number of hydrogen-bond acceptors (Lipinski definition) is 2. The third-order valence-corrected chi connectivity index (χ3v) is 2.32. The Labute approximate surface area is 86.3 Å². The molecule has 0 bridgehead atoms. The zero-order chi connectivity index (χ0) is 10.4. The summed E-state index contributed by atoms with van der Waals surface area (Å²) in [6, 6.07) is 8.62. The van der Waals surface area contributed by atoms with Crippen LogP contribution in [0.25, 0.3) is 0 Å². The molecule has 0 saturated heterocycles. The number of methoxy groups -OCH3 is 1. The molecule has 1 N–H and O–H groups in total. The van der Waals surface area contributed by atoms with Crippen molar-refractivity contribution >= 4 is 0 Å². The maximum absolute atomic E-state index is 5.11. The van der Waals surface area contributed by atoms with Gasteiger partial charge in [-0.15, -0.1) is 0 Å². The van der Waals surface area contributed by atoms with Crippen LogP contribution in [0, 0.1) is 0 Å². The van der Waals surface area contributed by atoms with Crippen molar-refractivity contribution in [2.75, 3.05) is 13.7 Å². The Balaban J connectivity index is 2.57. The quantitative estimate of drug-likeness (QED) is 0.776. The van der Waals surface area contributed by atoms with Crippen molar-refractivity contribution in [3.63, 3.8) is 0 Å². The lowest BCUT2D eigenvalue weighted by Crippen LogP contribution is -2.19. The van der Waals surface area contributed by atoms with Crippen molar-refractivity contribution in [1.82, 2.24) is 5.32 Å². The standard InChI is InChI=1S/C12H19NO/c1-4-9-13-10(2)11-5-7-12(14-3)8-6-11/h5-8,10,13H,4,9H2,1-3H3/t10-/m1/s1. The van der Waals surface area contributed by atoms with Crippen LogP contribution >= 0.6 is 0 Å². The van der Waals surface area contributed by atoms with Gasteiger partial charge in [-0.3, -0.25) is 0 Å². The number of nitrogens with one attached hydrogen (secondary N) is 1. The van der Waals surface area contributed by atoms with Crippen LogP contribution in [-0.4, -0.2) is 13.7 Å². The molecule has 1 aromatic rings. The van der Waals surface area contributed by atoms with Crippen LogP contribution < -0.4 is 10.1 Å². The molecule has 2 nitrogen and oxygen atoms in total. The average Bonchev–Trinajstić information content (AvgIpc) is 2.26. The van der Waals surface area contributed by atoms with Crippen molar-refractivity contribution in [3.8, 4) is 5.75 Å². The molecular weight excluding hydrogens is 174 g/mol. The number of hydrogen-bond donors (Lipinski definition) is 1. The van der Waals surface area contributed by atoms with Crippen molar-refractivity contribution in [1.29, 1.82) is 0 Å². The molecule has 0 aromatic heterocycles. The van der Waals surface area contributed by atoms with Crippen LogP contribution in [0.5, 0.6) is 5.75 Å². The molecule has 0 amide bonds. The largest absolute Gasteiger partial charge is 0.497 e. The van der Waals surface area contributed by atoms with Gasteiger partial charge in [-0.25, -0.2) is 0 Å². The van der Waals surface area contributed by atoms with Gasteiger partial charge in [-0.05, 0) is 37.6 Å². The van der Waals surface area contributed by atoms with Gasteiger partial charge >= 0.3 is 0 Å². The summed E-state index contributed by atoms with van der Waals surface area (Å²) in [5, 5.41) is 3.45. The van der Waals surface area contributed by atoms with Crippen LogP contribution in [0.3, 0.4) is 0 Å². The topological polar surface area (TPSA) is 21.3 Å². The van der Waals surface area contributed by atoms with Gasteiger partial charge in [0, 0.05) is 6.04 Å². The van der Waals surface area contributed by atoms with Crippen LogP contribution in [0.2, 0.25) is 0 Å².